The Morgan fingerprint density at radius 1 is 0.903 bits per heavy atom. The molecule has 168 valence electrons. The fourth-order valence-corrected chi connectivity index (χ4v) is 4.52. The van der Waals surface area contributed by atoms with Crippen molar-refractivity contribution in [3.63, 3.8) is 0 Å². The van der Waals surface area contributed by atoms with Gasteiger partial charge in [-0.3, -0.25) is 9.47 Å². The van der Waals surface area contributed by atoms with Crippen LogP contribution in [0.1, 0.15) is 31.4 Å². The third-order valence-electron chi connectivity index (χ3n) is 6.12. The van der Waals surface area contributed by atoms with E-state index >= 15 is 0 Å². The lowest BCUT2D eigenvalue weighted by Gasteiger charge is -2.37. The molecule has 1 aromatic heterocycles. The summed E-state index contributed by atoms with van der Waals surface area (Å²) >= 11 is 0. The minimum Gasteiger partial charge on any atom is -0.504 e. The van der Waals surface area contributed by atoms with Crippen molar-refractivity contribution in [1.29, 1.82) is 0 Å². The lowest BCUT2D eigenvalue weighted by atomic mass is 10.0. The first-order valence-corrected chi connectivity index (χ1v) is 11.2. The van der Waals surface area contributed by atoms with Gasteiger partial charge in [0.25, 0.3) is 0 Å². The highest BCUT2D eigenvalue weighted by Crippen LogP contribution is 2.38. The maximum Gasteiger partial charge on any atom is 0.197 e. The third kappa shape index (κ3) is 4.46. The average molecular weight is 428 g/mol. The van der Waals surface area contributed by atoms with E-state index in [4.69, 9.17) is 4.74 Å². The predicted molar refractivity (Wildman–Crippen MR) is 121 cm³/mol. The molecule has 1 aliphatic carbocycles. The SMILES string of the molecule is CC(C)Oc1c(O)cccc1N1CCN(CCCn2c(O)c3c(c2O)CC=CC3)CC1. The molecule has 0 unspecified atom stereocenters. The Morgan fingerprint density at radius 2 is 1.55 bits per heavy atom. The first-order valence-electron chi connectivity index (χ1n) is 11.2. The molecular formula is C24H33N3O4. The Labute approximate surface area is 183 Å². The van der Waals surface area contributed by atoms with E-state index in [1.807, 2.05) is 38.1 Å². The van der Waals surface area contributed by atoms with Crippen LogP contribution in [0.15, 0.2) is 30.4 Å². The van der Waals surface area contributed by atoms with Crippen LogP contribution in [0.5, 0.6) is 23.3 Å². The minimum absolute atomic E-state index is 0.00342. The van der Waals surface area contributed by atoms with Gasteiger partial charge in [-0.05, 0) is 51.8 Å². The molecule has 2 heterocycles. The van der Waals surface area contributed by atoms with Crippen LogP contribution in [-0.2, 0) is 19.4 Å². The van der Waals surface area contributed by atoms with Crippen molar-refractivity contribution in [3.05, 3.63) is 41.5 Å². The summed E-state index contributed by atoms with van der Waals surface area (Å²) in [5, 5.41) is 31.2. The molecular weight excluding hydrogens is 394 g/mol. The molecule has 7 nitrogen and oxygen atoms in total. The number of allylic oxidation sites excluding steroid dienone is 2. The van der Waals surface area contributed by atoms with Crippen LogP contribution in [0.4, 0.5) is 5.69 Å². The molecule has 0 atom stereocenters. The van der Waals surface area contributed by atoms with Gasteiger partial charge in [0.15, 0.2) is 23.3 Å². The Bertz CT molecular complexity index is 911. The second kappa shape index (κ2) is 9.14. The number of phenolic OH excluding ortho intramolecular Hbond substituents is 1. The normalized spacial score (nSPS) is 16.7. The zero-order chi connectivity index (χ0) is 22.0. The molecule has 1 aliphatic heterocycles. The van der Waals surface area contributed by atoms with E-state index in [1.54, 1.807) is 10.6 Å². The fraction of sp³-hybridized carbons (Fsp3) is 0.500. The quantitative estimate of drug-likeness (QED) is 0.589. The van der Waals surface area contributed by atoms with E-state index in [0.29, 0.717) is 25.1 Å². The van der Waals surface area contributed by atoms with E-state index in [0.717, 1.165) is 56.0 Å². The number of phenols is 1. The van der Waals surface area contributed by atoms with Crippen molar-refractivity contribution in [3.8, 4) is 23.3 Å². The molecule has 0 radical (unpaired) electrons. The molecule has 0 spiro atoms. The highest BCUT2D eigenvalue weighted by molar-refractivity contribution is 5.64. The minimum atomic E-state index is -0.00342. The van der Waals surface area contributed by atoms with Gasteiger partial charge in [-0.2, -0.15) is 0 Å². The molecule has 2 aliphatic rings. The monoisotopic (exact) mass is 427 g/mol. The molecule has 4 rings (SSSR count). The van der Waals surface area contributed by atoms with Crippen LogP contribution in [-0.4, -0.2) is 63.6 Å². The van der Waals surface area contributed by atoms with Gasteiger partial charge in [0.05, 0.1) is 11.8 Å². The van der Waals surface area contributed by atoms with Crippen molar-refractivity contribution >= 4 is 5.69 Å². The fourth-order valence-electron chi connectivity index (χ4n) is 4.52. The standard InChI is InChI=1S/C24H33N3O4/c1-17(2)31-22-20(9-5-10-21(22)28)26-15-13-25(14-16-26)11-6-12-27-23(29)18-7-3-4-8-19(18)24(27)30/h3-5,9-10,17,28-30H,6-8,11-16H2,1-2H3. The van der Waals surface area contributed by atoms with Gasteiger partial charge in [-0.25, -0.2) is 0 Å². The van der Waals surface area contributed by atoms with Crippen LogP contribution in [0.25, 0.3) is 0 Å². The zero-order valence-electron chi connectivity index (χ0n) is 18.4. The number of aromatic hydroxyl groups is 3. The Balaban J connectivity index is 1.31. The van der Waals surface area contributed by atoms with Gasteiger partial charge in [0.2, 0.25) is 0 Å². The average Bonchev–Trinajstić information content (AvgIpc) is 3.00. The molecule has 0 bridgehead atoms. The first-order chi connectivity index (χ1) is 15.0. The molecule has 0 amide bonds. The van der Waals surface area contributed by atoms with Gasteiger partial charge in [-0.1, -0.05) is 18.2 Å². The topological polar surface area (TPSA) is 81.3 Å². The van der Waals surface area contributed by atoms with Crippen LogP contribution in [0, 0.1) is 0 Å². The molecule has 31 heavy (non-hydrogen) atoms. The van der Waals surface area contributed by atoms with Crippen molar-refractivity contribution in [2.75, 3.05) is 37.6 Å². The zero-order valence-corrected chi connectivity index (χ0v) is 18.4. The highest BCUT2D eigenvalue weighted by atomic mass is 16.5. The summed E-state index contributed by atoms with van der Waals surface area (Å²) < 4.78 is 7.52. The van der Waals surface area contributed by atoms with Gasteiger partial charge >= 0.3 is 0 Å². The number of fused-ring (bicyclic) bond motifs is 1. The number of nitrogens with zero attached hydrogens (tertiary/aromatic N) is 3. The first kappa shape index (κ1) is 21.4. The number of piperazine rings is 1. The van der Waals surface area contributed by atoms with Gasteiger partial charge < -0.3 is 25.0 Å². The number of hydrogen-bond acceptors (Lipinski definition) is 6. The van der Waals surface area contributed by atoms with Crippen LogP contribution >= 0.6 is 0 Å². The number of aromatic nitrogens is 1. The van der Waals surface area contributed by atoms with Crippen molar-refractivity contribution in [2.45, 2.75) is 45.8 Å². The molecule has 3 N–H and O–H groups in total. The van der Waals surface area contributed by atoms with Crippen LogP contribution in [0.3, 0.4) is 0 Å². The van der Waals surface area contributed by atoms with Crippen molar-refractivity contribution < 1.29 is 20.1 Å². The summed E-state index contributed by atoms with van der Waals surface area (Å²) in [7, 11) is 0. The van der Waals surface area contributed by atoms with Crippen molar-refractivity contribution in [1.82, 2.24) is 9.47 Å². The molecule has 1 fully saturated rings. The second-order valence-corrected chi connectivity index (χ2v) is 8.61. The van der Waals surface area contributed by atoms with Crippen molar-refractivity contribution in [2.24, 2.45) is 0 Å². The summed E-state index contributed by atoms with van der Waals surface area (Å²) in [4.78, 5) is 4.67. The molecule has 2 aromatic rings. The Morgan fingerprint density at radius 3 is 2.16 bits per heavy atom. The summed E-state index contributed by atoms with van der Waals surface area (Å²) in [5.41, 5.74) is 2.66. The number of anilines is 1. The molecule has 1 saturated heterocycles. The smallest absolute Gasteiger partial charge is 0.197 e. The summed E-state index contributed by atoms with van der Waals surface area (Å²) in [6, 6.07) is 5.52. The van der Waals surface area contributed by atoms with E-state index < -0.39 is 0 Å². The molecule has 0 saturated carbocycles. The van der Waals surface area contributed by atoms with Gasteiger partial charge in [0.1, 0.15) is 0 Å². The maximum atomic E-state index is 10.5. The van der Waals surface area contributed by atoms with Crippen LogP contribution < -0.4 is 9.64 Å². The van der Waals surface area contributed by atoms with E-state index in [2.05, 4.69) is 9.80 Å². The number of benzene rings is 1. The highest BCUT2D eigenvalue weighted by Gasteiger charge is 2.24. The largest absolute Gasteiger partial charge is 0.504 e. The maximum absolute atomic E-state index is 10.5. The number of hydrogen-bond donors (Lipinski definition) is 3. The van der Waals surface area contributed by atoms with E-state index in [9.17, 15) is 15.3 Å². The van der Waals surface area contributed by atoms with E-state index in [-0.39, 0.29) is 23.6 Å². The number of para-hydroxylation sites is 1. The van der Waals surface area contributed by atoms with E-state index in [1.165, 1.54) is 0 Å². The van der Waals surface area contributed by atoms with Gasteiger partial charge in [-0.15, -0.1) is 0 Å². The molecule has 1 aromatic carbocycles. The van der Waals surface area contributed by atoms with Gasteiger partial charge in [0, 0.05) is 43.9 Å². The van der Waals surface area contributed by atoms with Crippen LogP contribution in [0.2, 0.25) is 0 Å². The Hall–Kier alpha value is -2.80. The predicted octanol–water partition coefficient (Wildman–Crippen LogP) is 3.26. The summed E-state index contributed by atoms with van der Waals surface area (Å²) in [5.74, 6) is 1.16. The second-order valence-electron chi connectivity index (χ2n) is 8.61. The third-order valence-corrected chi connectivity index (χ3v) is 6.12. The lowest BCUT2D eigenvalue weighted by Crippen LogP contribution is -2.46. The summed E-state index contributed by atoms with van der Waals surface area (Å²) in [6.07, 6.45) is 6.29. The summed E-state index contributed by atoms with van der Waals surface area (Å²) in [6.45, 7) is 8.98. The lowest BCUT2D eigenvalue weighted by molar-refractivity contribution is 0.227. The number of ether oxygens (including phenoxy) is 1. The number of rotatable bonds is 7. The molecule has 7 heteroatoms. The Kier molecular flexibility index (Phi) is 6.32.